The standard InChI is InChI=1S/C16H14Cl2N2O3/c1-10(23-15-7-6-12(17)8-13(15)18)16(22)20-19-9-11-4-2-3-5-14(11)21/h2-10,21H,1H3,(H,20,22)/b19-9-/t10-/m1/s1. The molecule has 0 unspecified atom stereocenters. The Balaban J connectivity index is 1.94. The lowest BCUT2D eigenvalue weighted by Gasteiger charge is -2.14. The third kappa shape index (κ3) is 4.87. The first-order valence-electron chi connectivity index (χ1n) is 6.70. The van der Waals surface area contributed by atoms with E-state index in [0.29, 0.717) is 21.4 Å². The lowest BCUT2D eigenvalue weighted by atomic mass is 10.2. The van der Waals surface area contributed by atoms with Crippen molar-refractivity contribution >= 4 is 35.3 Å². The van der Waals surface area contributed by atoms with Gasteiger partial charge in [-0.05, 0) is 37.3 Å². The van der Waals surface area contributed by atoms with Crippen molar-refractivity contribution < 1.29 is 14.6 Å². The third-order valence-electron chi connectivity index (χ3n) is 2.88. The molecule has 0 heterocycles. The second-order valence-corrected chi connectivity index (χ2v) is 5.47. The molecule has 2 aromatic carbocycles. The van der Waals surface area contributed by atoms with E-state index in [-0.39, 0.29) is 5.75 Å². The minimum Gasteiger partial charge on any atom is -0.507 e. The number of aromatic hydroxyl groups is 1. The van der Waals surface area contributed by atoms with Gasteiger partial charge in [0.15, 0.2) is 6.10 Å². The highest BCUT2D eigenvalue weighted by atomic mass is 35.5. The van der Waals surface area contributed by atoms with Crippen LogP contribution in [0.5, 0.6) is 11.5 Å². The maximum atomic E-state index is 11.9. The van der Waals surface area contributed by atoms with Crippen LogP contribution < -0.4 is 10.2 Å². The number of halogens is 2. The van der Waals surface area contributed by atoms with Gasteiger partial charge in [0.05, 0.1) is 11.2 Å². The Hall–Kier alpha value is -2.24. The first-order valence-corrected chi connectivity index (χ1v) is 7.45. The molecule has 0 saturated heterocycles. The SMILES string of the molecule is C[C@@H](Oc1ccc(Cl)cc1Cl)C(=O)N/N=C\c1ccccc1O. The molecule has 5 nitrogen and oxygen atoms in total. The summed E-state index contributed by atoms with van der Waals surface area (Å²) >= 11 is 11.8. The third-order valence-corrected chi connectivity index (χ3v) is 3.41. The van der Waals surface area contributed by atoms with Crippen LogP contribution in [0.1, 0.15) is 12.5 Å². The number of carbonyl (C=O) groups is 1. The van der Waals surface area contributed by atoms with Crippen LogP contribution in [0.3, 0.4) is 0 Å². The van der Waals surface area contributed by atoms with Crippen molar-refractivity contribution in [1.82, 2.24) is 5.43 Å². The first kappa shape index (κ1) is 17.1. The van der Waals surface area contributed by atoms with E-state index in [1.54, 1.807) is 37.3 Å². The number of phenolic OH excluding ortho intramolecular Hbond substituents is 1. The van der Waals surface area contributed by atoms with E-state index in [1.807, 2.05) is 0 Å². The maximum Gasteiger partial charge on any atom is 0.280 e. The molecular weight excluding hydrogens is 339 g/mol. The van der Waals surface area contributed by atoms with Gasteiger partial charge in [0.2, 0.25) is 0 Å². The van der Waals surface area contributed by atoms with Crippen LogP contribution in [0.25, 0.3) is 0 Å². The molecule has 2 aromatic rings. The molecule has 1 amide bonds. The lowest BCUT2D eigenvalue weighted by Crippen LogP contribution is -2.33. The number of hydrogen-bond acceptors (Lipinski definition) is 4. The Morgan fingerprint density at radius 2 is 2.04 bits per heavy atom. The van der Waals surface area contributed by atoms with E-state index in [0.717, 1.165) is 0 Å². The van der Waals surface area contributed by atoms with Crippen LogP contribution in [0.15, 0.2) is 47.6 Å². The van der Waals surface area contributed by atoms with Crippen LogP contribution in [0.4, 0.5) is 0 Å². The molecule has 0 aliphatic heterocycles. The number of ether oxygens (including phenoxy) is 1. The zero-order valence-corrected chi connectivity index (χ0v) is 13.7. The van der Waals surface area contributed by atoms with Gasteiger partial charge < -0.3 is 9.84 Å². The van der Waals surface area contributed by atoms with Crippen molar-refractivity contribution in [3.05, 3.63) is 58.1 Å². The predicted molar refractivity (Wildman–Crippen MR) is 90.4 cm³/mol. The fourth-order valence-electron chi connectivity index (χ4n) is 1.67. The summed E-state index contributed by atoms with van der Waals surface area (Å²) in [5, 5.41) is 14.2. The van der Waals surface area contributed by atoms with Crippen LogP contribution in [-0.2, 0) is 4.79 Å². The zero-order valence-electron chi connectivity index (χ0n) is 12.2. The summed E-state index contributed by atoms with van der Waals surface area (Å²) < 4.78 is 5.46. The van der Waals surface area contributed by atoms with Gasteiger partial charge in [0.25, 0.3) is 5.91 Å². The molecule has 2 N–H and O–H groups in total. The number of amides is 1. The lowest BCUT2D eigenvalue weighted by molar-refractivity contribution is -0.127. The minimum absolute atomic E-state index is 0.0720. The molecule has 2 rings (SSSR count). The molecule has 0 bridgehead atoms. The molecule has 0 fully saturated rings. The molecular formula is C16H14Cl2N2O3. The number of benzene rings is 2. The van der Waals surface area contributed by atoms with Gasteiger partial charge in [-0.15, -0.1) is 0 Å². The molecule has 0 spiro atoms. The summed E-state index contributed by atoms with van der Waals surface area (Å²) in [4.78, 5) is 11.9. The van der Waals surface area contributed by atoms with Gasteiger partial charge >= 0.3 is 0 Å². The zero-order chi connectivity index (χ0) is 16.8. The first-order chi connectivity index (χ1) is 11.0. The van der Waals surface area contributed by atoms with E-state index >= 15 is 0 Å². The number of nitrogens with zero attached hydrogens (tertiary/aromatic N) is 1. The highest BCUT2D eigenvalue weighted by Crippen LogP contribution is 2.28. The van der Waals surface area contributed by atoms with Crippen molar-refractivity contribution in [3.63, 3.8) is 0 Å². The summed E-state index contributed by atoms with van der Waals surface area (Å²) in [6.45, 7) is 1.57. The number of rotatable bonds is 5. The number of phenols is 1. The van der Waals surface area contributed by atoms with Gasteiger partial charge in [-0.1, -0.05) is 35.3 Å². The minimum atomic E-state index is -0.810. The molecule has 120 valence electrons. The van der Waals surface area contributed by atoms with Crippen LogP contribution in [0.2, 0.25) is 10.0 Å². The van der Waals surface area contributed by atoms with Gasteiger partial charge in [-0.2, -0.15) is 5.10 Å². The Labute approximate surface area is 143 Å². The predicted octanol–water partition coefficient (Wildman–Crippen LogP) is 3.62. The molecule has 0 aliphatic rings. The maximum absolute atomic E-state index is 11.9. The average molecular weight is 353 g/mol. The smallest absolute Gasteiger partial charge is 0.280 e. The van der Waals surface area contributed by atoms with Crippen LogP contribution >= 0.6 is 23.2 Å². The summed E-state index contributed by atoms with van der Waals surface area (Å²) in [6.07, 6.45) is 0.532. The molecule has 23 heavy (non-hydrogen) atoms. The summed E-state index contributed by atoms with van der Waals surface area (Å²) in [6, 6.07) is 11.4. The number of hydrogen-bond donors (Lipinski definition) is 2. The van der Waals surface area contributed by atoms with Crippen LogP contribution in [0, 0.1) is 0 Å². The van der Waals surface area contributed by atoms with Gasteiger partial charge in [-0.3, -0.25) is 4.79 Å². The van der Waals surface area contributed by atoms with Crippen molar-refractivity contribution in [2.24, 2.45) is 5.10 Å². The van der Waals surface area contributed by atoms with Gasteiger partial charge in [-0.25, -0.2) is 5.43 Å². The Kier molecular flexibility index (Phi) is 5.84. The van der Waals surface area contributed by atoms with Gasteiger partial charge in [0.1, 0.15) is 11.5 Å². The largest absolute Gasteiger partial charge is 0.507 e. The van der Waals surface area contributed by atoms with E-state index in [2.05, 4.69) is 10.5 Å². The molecule has 0 aliphatic carbocycles. The Morgan fingerprint density at radius 1 is 1.30 bits per heavy atom. The Bertz CT molecular complexity index is 735. The summed E-state index contributed by atoms with van der Waals surface area (Å²) in [5.41, 5.74) is 2.82. The van der Waals surface area contributed by atoms with E-state index < -0.39 is 12.0 Å². The Morgan fingerprint density at radius 3 is 2.74 bits per heavy atom. The average Bonchev–Trinajstić information content (AvgIpc) is 2.51. The monoisotopic (exact) mass is 352 g/mol. The quantitative estimate of drug-likeness (QED) is 0.637. The number of hydrazone groups is 1. The topological polar surface area (TPSA) is 70.9 Å². The fraction of sp³-hybridized carbons (Fsp3) is 0.125. The van der Waals surface area contributed by atoms with Crippen molar-refractivity contribution in [1.29, 1.82) is 0 Å². The molecule has 0 aromatic heterocycles. The number of nitrogens with one attached hydrogen (secondary N) is 1. The van der Waals surface area contributed by atoms with Crippen molar-refractivity contribution in [2.75, 3.05) is 0 Å². The molecule has 0 radical (unpaired) electrons. The second kappa shape index (κ2) is 7.85. The van der Waals surface area contributed by atoms with Crippen molar-refractivity contribution in [2.45, 2.75) is 13.0 Å². The van der Waals surface area contributed by atoms with Gasteiger partial charge in [0, 0.05) is 10.6 Å². The summed E-state index contributed by atoms with van der Waals surface area (Å²) in [5.74, 6) is -0.0335. The van der Waals surface area contributed by atoms with Crippen LogP contribution in [-0.4, -0.2) is 23.3 Å². The van der Waals surface area contributed by atoms with E-state index in [4.69, 9.17) is 27.9 Å². The molecule has 7 heteroatoms. The molecule has 1 atom stereocenters. The summed E-state index contributed by atoms with van der Waals surface area (Å²) in [7, 11) is 0. The fourth-order valence-corrected chi connectivity index (χ4v) is 2.12. The van der Waals surface area contributed by atoms with Crippen molar-refractivity contribution in [3.8, 4) is 11.5 Å². The highest BCUT2D eigenvalue weighted by Gasteiger charge is 2.15. The van der Waals surface area contributed by atoms with E-state index in [1.165, 1.54) is 18.3 Å². The number of para-hydroxylation sites is 1. The number of carbonyl (C=O) groups excluding carboxylic acids is 1. The highest BCUT2D eigenvalue weighted by molar-refractivity contribution is 6.35. The normalized spacial score (nSPS) is 12.1. The second-order valence-electron chi connectivity index (χ2n) is 4.63. The van der Waals surface area contributed by atoms with E-state index in [9.17, 15) is 9.90 Å². The molecule has 0 saturated carbocycles.